The van der Waals surface area contributed by atoms with Gasteiger partial charge in [0.2, 0.25) is 0 Å². The number of aryl methyl sites for hydroxylation is 1. The molecule has 0 heterocycles. The zero-order chi connectivity index (χ0) is 22.4. The molecule has 0 amide bonds. The summed E-state index contributed by atoms with van der Waals surface area (Å²) in [5.41, 5.74) is 3.19. The van der Waals surface area contributed by atoms with Crippen molar-refractivity contribution >= 4 is 0 Å². The molecule has 2 saturated carbocycles. The molecule has 0 N–H and O–H groups in total. The van der Waals surface area contributed by atoms with Crippen LogP contribution in [0.3, 0.4) is 0 Å². The second-order valence-electron chi connectivity index (χ2n) is 11.6. The maximum absolute atomic E-state index is 2.47. The van der Waals surface area contributed by atoms with Crippen LogP contribution >= 0.6 is 0 Å². The summed E-state index contributed by atoms with van der Waals surface area (Å²) in [4.78, 5) is 0. The predicted molar refractivity (Wildman–Crippen MR) is 142 cm³/mol. The summed E-state index contributed by atoms with van der Waals surface area (Å²) >= 11 is 0. The first-order chi connectivity index (χ1) is 15.8. The molecular formula is C32H54. The highest BCUT2D eigenvalue weighted by atomic mass is 14.3. The standard InChI is InChI=1S/C32H54/c1-3-5-7-11-27-15-17-28(18-16-27)13-9-10-14-30-21-25-32(26-22-30)31-23-19-29(20-24-31)12-8-6-4-2/h21-22,25-29,31H,3-20,23-24H2,1-2H3/t27-,28-,29-,31-. The molecule has 0 heteroatoms. The zero-order valence-electron chi connectivity index (χ0n) is 21.8. The summed E-state index contributed by atoms with van der Waals surface area (Å²) in [6.45, 7) is 4.65. The van der Waals surface area contributed by atoms with Crippen molar-refractivity contribution in [2.24, 2.45) is 17.8 Å². The minimum atomic E-state index is 0.837. The van der Waals surface area contributed by atoms with Crippen molar-refractivity contribution in [3.63, 3.8) is 0 Å². The molecule has 0 saturated heterocycles. The molecule has 3 rings (SSSR count). The summed E-state index contributed by atoms with van der Waals surface area (Å²) in [6.07, 6.45) is 29.0. The van der Waals surface area contributed by atoms with Crippen molar-refractivity contribution in [2.45, 2.75) is 148 Å². The van der Waals surface area contributed by atoms with Crippen molar-refractivity contribution < 1.29 is 0 Å². The van der Waals surface area contributed by atoms with Crippen LogP contribution in [-0.2, 0) is 6.42 Å². The normalized spacial score (nSPS) is 26.3. The van der Waals surface area contributed by atoms with Crippen molar-refractivity contribution in [1.29, 1.82) is 0 Å². The summed E-state index contributed by atoms with van der Waals surface area (Å²) in [7, 11) is 0. The molecule has 32 heavy (non-hydrogen) atoms. The molecule has 2 fully saturated rings. The molecule has 182 valence electrons. The van der Waals surface area contributed by atoms with Crippen LogP contribution in [0.25, 0.3) is 0 Å². The van der Waals surface area contributed by atoms with Crippen LogP contribution < -0.4 is 0 Å². The molecular weight excluding hydrogens is 384 g/mol. The van der Waals surface area contributed by atoms with E-state index in [0.29, 0.717) is 0 Å². The molecule has 2 aliphatic rings. The van der Waals surface area contributed by atoms with Gasteiger partial charge in [-0.15, -0.1) is 0 Å². The van der Waals surface area contributed by atoms with Gasteiger partial charge in [-0.25, -0.2) is 0 Å². The van der Waals surface area contributed by atoms with E-state index in [9.17, 15) is 0 Å². The van der Waals surface area contributed by atoms with Gasteiger partial charge in [0.05, 0.1) is 0 Å². The Morgan fingerprint density at radius 3 is 1.44 bits per heavy atom. The Morgan fingerprint density at radius 2 is 0.969 bits per heavy atom. The SMILES string of the molecule is CCCCC[C@H]1CC[C@H](CCCCc2ccc([C@H]3CC[C@H](CCCCC)CC3)cc2)CC1. The highest BCUT2D eigenvalue weighted by Crippen LogP contribution is 2.38. The number of unbranched alkanes of at least 4 members (excludes halogenated alkanes) is 5. The van der Waals surface area contributed by atoms with Gasteiger partial charge >= 0.3 is 0 Å². The Balaban J connectivity index is 1.26. The van der Waals surface area contributed by atoms with E-state index in [1.807, 2.05) is 0 Å². The highest BCUT2D eigenvalue weighted by molar-refractivity contribution is 5.26. The largest absolute Gasteiger partial charge is 0.0654 e. The van der Waals surface area contributed by atoms with Crippen LogP contribution in [0.4, 0.5) is 0 Å². The maximum atomic E-state index is 2.47. The summed E-state index contributed by atoms with van der Waals surface area (Å²) in [5, 5.41) is 0. The first kappa shape index (κ1) is 25.8. The average Bonchev–Trinajstić information content (AvgIpc) is 2.84. The molecule has 0 nitrogen and oxygen atoms in total. The van der Waals surface area contributed by atoms with E-state index in [2.05, 4.69) is 38.1 Å². The molecule has 0 unspecified atom stereocenters. The summed E-state index contributed by atoms with van der Waals surface area (Å²) in [6, 6.07) is 9.84. The third-order valence-electron chi connectivity index (χ3n) is 9.02. The second-order valence-corrected chi connectivity index (χ2v) is 11.6. The Kier molecular flexibility index (Phi) is 12.3. The maximum Gasteiger partial charge on any atom is -0.0162 e. The van der Waals surface area contributed by atoms with Gasteiger partial charge in [0.1, 0.15) is 0 Å². The summed E-state index contributed by atoms with van der Waals surface area (Å²) in [5.74, 6) is 3.96. The van der Waals surface area contributed by atoms with Crippen molar-refractivity contribution in [1.82, 2.24) is 0 Å². The Labute approximate surface area is 201 Å². The van der Waals surface area contributed by atoms with Gasteiger partial charge in [0.15, 0.2) is 0 Å². The molecule has 1 aromatic rings. The fourth-order valence-electron chi connectivity index (χ4n) is 6.68. The first-order valence-electron chi connectivity index (χ1n) is 14.9. The molecule has 0 aliphatic heterocycles. The van der Waals surface area contributed by atoms with Gasteiger partial charge in [-0.2, -0.15) is 0 Å². The quantitative estimate of drug-likeness (QED) is 0.253. The fourth-order valence-corrected chi connectivity index (χ4v) is 6.68. The van der Waals surface area contributed by atoms with Crippen LogP contribution in [-0.4, -0.2) is 0 Å². The third kappa shape index (κ3) is 9.23. The Bertz CT molecular complexity index is 569. The predicted octanol–water partition coefficient (Wildman–Crippen LogP) is 10.6. The van der Waals surface area contributed by atoms with Gasteiger partial charge in [0.25, 0.3) is 0 Å². The minimum absolute atomic E-state index is 0.837. The average molecular weight is 439 g/mol. The molecule has 1 aromatic carbocycles. The third-order valence-corrected chi connectivity index (χ3v) is 9.02. The molecule has 0 bridgehead atoms. The topological polar surface area (TPSA) is 0 Å². The monoisotopic (exact) mass is 438 g/mol. The van der Waals surface area contributed by atoms with Crippen LogP contribution in [0.15, 0.2) is 24.3 Å². The molecule has 2 aliphatic carbocycles. The number of benzene rings is 1. The van der Waals surface area contributed by atoms with E-state index in [0.717, 1.165) is 23.7 Å². The van der Waals surface area contributed by atoms with Crippen LogP contribution in [0.5, 0.6) is 0 Å². The Hall–Kier alpha value is -0.780. The summed E-state index contributed by atoms with van der Waals surface area (Å²) < 4.78 is 0. The lowest BCUT2D eigenvalue weighted by molar-refractivity contribution is 0.245. The Morgan fingerprint density at radius 1 is 0.531 bits per heavy atom. The highest BCUT2D eigenvalue weighted by Gasteiger charge is 2.22. The van der Waals surface area contributed by atoms with Gasteiger partial charge < -0.3 is 0 Å². The van der Waals surface area contributed by atoms with Gasteiger partial charge in [-0.05, 0) is 73.3 Å². The molecule has 0 spiro atoms. The first-order valence-corrected chi connectivity index (χ1v) is 14.9. The number of rotatable bonds is 14. The number of hydrogen-bond donors (Lipinski definition) is 0. The lowest BCUT2D eigenvalue weighted by atomic mass is 9.77. The van der Waals surface area contributed by atoms with E-state index >= 15 is 0 Å². The van der Waals surface area contributed by atoms with Crippen molar-refractivity contribution in [3.8, 4) is 0 Å². The van der Waals surface area contributed by atoms with E-state index < -0.39 is 0 Å². The van der Waals surface area contributed by atoms with Crippen LogP contribution in [0, 0.1) is 17.8 Å². The second kappa shape index (κ2) is 15.2. The lowest BCUT2D eigenvalue weighted by Gasteiger charge is -2.29. The van der Waals surface area contributed by atoms with E-state index in [4.69, 9.17) is 0 Å². The smallest absolute Gasteiger partial charge is 0.0162 e. The molecule has 0 radical (unpaired) electrons. The lowest BCUT2D eigenvalue weighted by Crippen LogP contribution is -2.14. The molecule has 0 atom stereocenters. The van der Waals surface area contributed by atoms with Gasteiger partial charge in [-0.3, -0.25) is 0 Å². The van der Waals surface area contributed by atoms with Crippen LogP contribution in [0.2, 0.25) is 0 Å². The van der Waals surface area contributed by atoms with Gasteiger partial charge in [0, 0.05) is 0 Å². The fraction of sp³-hybridized carbons (Fsp3) is 0.812. The van der Waals surface area contributed by atoms with E-state index in [-0.39, 0.29) is 0 Å². The van der Waals surface area contributed by atoms with Crippen molar-refractivity contribution in [3.05, 3.63) is 35.4 Å². The van der Waals surface area contributed by atoms with Crippen LogP contribution in [0.1, 0.15) is 153 Å². The minimum Gasteiger partial charge on any atom is -0.0654 e. The van der Waals surface area contributed by atoms with E-state index in [1.54, 1.807) is 11.1 Å². The zero-order valence-corrected chi connectivity index (χ0v) is 21.8. The molecule has 0 aromatic heterocycles. The van der Waals surface area contributed by atoms with Crippen molar-refractivity contribution in [2.75, 3.05) is 0 Å². The van der Waals surface area contributed by atoms with E-state index in [1.165, 1.54) is 128 Å². The van der Waals surface area contributed by atoms with Gasteiger partial charge in [-0.1, -0.05) is 128 Å². The number of hydrogen-bond acceptors (Lipinski definition) is 0.